The van der Waals surface area contributed by atoms with Crippen LogP contribution in [0.15, 0.2) is 71.7 Å². The molecule has 0 saturated carbocycles. The Balaban J connectivity index is 1.62. The van der Waals surface area contributed by atoms with Gasteiger partial charge in [-0.25, -0.2) is 18.7 Å². The Morgan fingerprint density at radius 3 is 2.73 bits per heavy atom. The van der Waals surface area contributed by atoms with Crippen molar-refractivity contribution in [3.05, 3.63) is 83.2 Å². The van der Waals surface area contributed by atoms with Crippen molar-refractivity contribution in [3.8, 4) is 5.69 Å². The van der Waals surface area contributed by atoms with Crippen molar-refractivity contribution in [2.45, 2.75) is 0 Å². The van der Waals surface area contributed by atoms with E-state index in [1.807, 2.05) is 19.0 Å². The van der Waals surface area contributed by atoms with E-state index < -0.39 is 5.69 Å². The van der Waals surface area contributed by atoms with E-state index in [0.717, 1.165) is 0 Å². The van der Waals surface area contributed by atoms with E-state index in [-0.39, 0.29) is 17.7 Å². The van der Waals surface area contributed by atoms with Gasteiger partial charge in [0, 0.05) is 24.0 Å². The number of imidazole rings is 1. The van der Waals surface area contributed by atoms with E-state index in [4.69, 9.17) is 0 Å². The number of benzene rings is 2. The Kier molecular flexibility index (Phi) is 6.27. The van der Waals surface area contributed by atoms with Gasteiger partial charge in [0.15, 0.2) is 5.65 Å². The molecule has 0 aliphatic rings. The molecular weight excluding hydrogens is 425 g/mol. The maximum Gasteiger partial charge on any atom is 0.332 e. The topological polar surface area (TPSA) is 108 Å². The van der Waals surface area contributed by atoms with Crippen LogP contribution in [0.2, 0.25) is 0 Å². The first-order valence-corrected chi connectivity index (χ1v) is 10.1. The SMILES string of the molecule is CN(C)C/C=C/C(=O)Nc1cccc(-n2c(=O)[nH]c3cnc(Nc4ccc(F)cc4)nc32)c1. The summed E-state index contributed by atoms with van der Waals surface area (Å²) < 4.78 is 14.5. The number of carbonyl (C=O) groups is 1. The number of carbonyl (C=O) groups excluding carboxylic acids is 1. The minimum atomic E-state index is -0.396. The van der Waals surface area contributed by atoms with Gasteiger partial charge in [-0.1, -0.05) is 12.1 Å². The number of nitrogens with zero attached hydrogens (tertiary/aromatic N) is 4. The number of nitrogens with one attached hydrogen (secondary N) is 3. The zero-order chi connectivity index (χ0) is 23.4. The molecule has 2 heterocycles. The third-order valence-electron chi connectivity index (χ3n) is 4.64. The lowest BCUT2D eigenvalue weighted by atomic mass is 10.2. The lowest BCUT2D eigenvalue weighted by Gasteiger charge is -2.08. The van der Waals surface area contributed by atoms with Crippen molar-refractivity contribution in [2.75, 3.05) is 31.3 Å². The van der Waals surface area contributed by atoms with Gasteiger partial charge in [-0.15, -0.1) is 0 Å². The summed E-state index contributed by atoms with van der Waals surface area (Å²) >= 11 is 0. The normalized spacial score (nSPS) is 11.4. The van der Waals surface area contributed by atoms with Crippen LogP contribution in [0.5, 0.6) is 0 Å². The van der Waals surface area contributed by atoms with Gasteiger partial charge in [0.2, 0.25) is 11.9 Å². The van der Waals surface area contributed by atoms with E-state index in [0.29, 0.717) is 34.8 Å². The van der Waals surface area contributed by atoms with Crippen LogP contribution < -0.4 is 16.3 Å². The largest absolute Gasteiger partial charge is 0.332 e. The van der Waals surface area contributed by atoms with Crippen molar-refractivity contribution in [1.82, 2.24) is 24.4 Å². The number of halogens is 1. The van der Waals surface area contributed by atoms with E-state index in [1.165, 1.54) is 29.0 Å². The first-order chi connectivity index (χ1) is 15.9. The first-order valence-electron chi connectivity index (χ1n) is 10.1. The van der Waals surface area contributed by atoms with Crippen molar-refractivity contribution in [1.29, 1.82) is 0 Å². The molecule has 0 aliphatic carbocycles. The second-order valence-corrected chi connectivity index (χ2v) is 7.53. The molecule has 33 heavy (non-hydrogen) atoms. The van der Waals surface area contributed by atoms with Crippen LogP contribution in [0.1, 0.15) is 0 Å². The second kappa shape index (κ2) is 9.45. The predicted octanol–water partition coefficient (Wildman–Crippen LogP) is 3.05. The van der Waals surface area contributed by atoms with Gasteiger partial charge in [0.25, 0.3) is 0 Å². The van der Waals surface area contributed by atoms with Crippen LogP contribution in [-0.4, -0.2) is 51.0 Å². The lowest BCUT2D eigenvalue weighted by molar-refractivity contribution is -0.111. The fourth-order valence-corrected chi connectivity index (χ4v) is 3.14. The number of fused-ring (bicyclic) bond motifs is 1. The molecule has 0 atom stereocenters. The maximum atomic E-state index is 13.1. The molecule has 0 unspecified atom stereocenters. The summed E-state index contributed by atoms with van der Waals surface area (Å²) in [5.74, 6) is -0.373. The predicted molar refractivity (Wildman–Crippen MR) is 125 cm³/mol. The van der Waals surface area contributed by atoms with Crippen LogP contribution in [0.4, 0.5) is 21.7 Å². The summed E-state index contributed by atoms with van der Waals surface area (Å²) in [6.45, 7) is 0.645. The fraction of sp³-hybridized carbons (Fsp3) is 0.130. The number of hydrogen-bond acceptors (Lipinski definition) is 6. The summed E-state index contributed by atoms with van der Waals surface area (Å²) in [4.78, 5) is 38.1. The van der Waals surface area contributed by atoms with Gasteiger partial charge in [-0.2, -0.15) is 4.98 Å². The molecule has 0 aliphatic heterocycles. The standard InChI is InChI=1S/C23H22FN7O2/c1-30(2)12-4-7-20(32)26-17-5-3-6-18(13-17)31-21-19(28-23(31)33)14-25-22(29-21)27-16-10-8-15(24)9-11-16/h3-11,13-14H,12H2,1-2H3,(H,26,32)(H,28,33)(H,25,27,29)/b7-4+. The van der Waals surface area contributed by atoms with Crippen molar-refractivity contribution < 1.29 is 9.18 Å². The number of likely N-dealkylation sites (N-methyl/N-ethyl adjacent to an activating group) is 1. The number of aromatic nitrogens is 4. The van der Waals surface area contributed by atoms with Gasteiger partial charge < -0.3 is 20.5 Å². The van der Waals surface area contributed by atoms with Gasteiger partial charge in [0.05, 0.1) is 11.9 Å². The van der Waals surface area contributed by atoms with Crippen LogP contribution >= 0.6 is 0 Å². The monoisotopic (exact) mass is 447 g/mol. The van der Waals surface area contributed by atoms with Crippen molar-refractivity contribution in [2.24, 2.45) is 0 Å². The zero-order valence-electron chi connectivity index (χ0n) is 18.0. The van der Waals surface area contributed by atoms with Gasteiger partial charge in [-0.05, 0) is 56.6 Å². The molecule has 2 aromatic heterocycles. The van der Waals surface area contributed by atoms with Crippen LogP contribution in [-0.2, 0) is 4.79 Å². The van der Waals surface area contributed by atoms with Gasteiger partial charge in [0.1, 0.15) is 11.3 Å². The van der Waals surface area contributed by atoms with E-state index in [1.54, 1.807) is 42.5 Å². The third kappa shape index (κ3) is 5.31. The zero-order valence-corrected chi connectivity index (χ0v) is 18.0. The molecule has 0 radical (unpaired) electrons. The lowest BCUT2D eigenvalue weighted by Crippen LogP contribution is -2.16. The maximum absolute atomic E-state index is 13.1. The minimum Gasteiger partial charge on any atom is -0.324 e. The van der Waals surface area contributed by atoms with Gasteiger partial charge in [-0.3, -0.25) is 4.79 Å². The van der Waals surface area contributed by atoms with Crippen LogP contribution in [0.3, 0.4) is 0 Å². The molecule has 0 spiro atoms. The van der Waals surface area contributed by atoms with Crippen LogP contribution in [0.25, 0.3) is 16.9 Å². The molecule has 2 aromatic carbocycles. The molecule has 168 valence electrons. The fourth-order valence-electron chi connectivity index (χ4n) is 3.14. The third-order valence-corrected chi connectivity index (χ3v) is 4.64. The Morgan fingerprint density at radius 2 is 1.97 bits per heavy atom. The molecule has 0 fully saturated rings. The van der Waals surface area contributed by atoms with E-state index >= 15 is 0 Å². The molecular formula is C23H22FN7O2. The number of amides is 1. The molecule has 10 heteroatoms. The summed E-state index contributed by atoms with van der Waals surface area (Å²) in [5.41, 5.74) is 2.07. The Hall–Kier alpha value is -4.31. The van der Waals surface area contributed by atoms with Crippen LogP contribution in [0, 0.1) is 5.82 Å². The molecule has 0 saturated heterocycles. The Bertz CT molecular complexity index is 1370. The first kappa shape index (κ1) is 21.9. The number of aromatic amines is 1. The average molecular weight is 447 g/mol. The molecule has 0 bridgehead atoms. The summed E-state index contributed by atoms with van der Waals surface area (Å²) in [6, 6.07) is 12.7. The highest BCUT2D eigenvalue weighted by molar-refractivity contribution is 5.99. The average Bonchev–Trinajstić information content (AvgIpc) is 3.10. The molecule has 3 N–H and O–H groups in total. The number of H-pyrrole nitrogens is 1. The smallest absolute Gasteiger partial charge is 0.324 e. The Labute approximate surface area is 188 Å². The summed E-state index contributed by atoms with van der Waals surface area (Å²) in [5, 5.41) is 5.78. The highest BCUT2D eigenvalue weighted by atomic mass is 19.1. The summed E-state index contributed by atoms with van der Waals surface area (Å²) in [6.07, 6.45) is 4.72. The Morgan fingerprint density at radius 1 is 1.18 bits per heavy atom. The highest BCUT2D eigenvalue weighted by Gasteiger charge is 2.13. The van der Waals surface area contributed by atoms with Crippen molar-refractivity contribution >= 4 is 34.4 Å². The summed E-state index contributed by atoms with van der Waals surface area (Å²) in [7, 11) is 3.82. The highest BCUT2D eigenvalue weighted by Crippen LogP contribution is 2.20. The molecule has 4 rings (SSSR count). The van der Waals surface area contributed by atoms with Gasteiger partial charge >= 0.3 is 5.69 Å². The van der Waals surface area contributed by atoms with E-state index in [2.05, 4.69) is 25.6 Å². The molecule has 1 amide bonds. The van der Waals surface area contributed by atoms with E-state index in [9.17, 15) is 14.0 Å². The molecule has 4 aromatic rings. The second-order valence-electron chi connectivity index (χ2n) is 7.53. The quantitative estimate of drug-likeness (QED) is 0.376. The number of anilines is 3. The van der Waals surface area contributed by atoms with Crippen molar-refractivity contribution in [3.63, 3.8) is 0 Å². The number of hydrogen-bond donors (Lipinski definition) is 3. The molecule has 9 nitrogen and oxygen atoms in total. The number of rotatable bonds is 7. The minimum absolute atomic E-state index is 0.248.